The van der Waals surface area contributed by atoms with Crippen molar-refractivity contribution in [2.45, 2.75) is 33.6 Å². The molecule has 5 heteroatoms. The normalized spacial score (nSPS) is 20.1. The van der Waals surface area contributed by atoms with Gasteiger partial charge in [-0.15, -0.1) is 0 Å². The Morgan fingerprint density at radius 3 is 2.00 bits per heavy atom. The maximum absolute atomic E-state index is 11.6. The lowest BCUT2D eigenvalue weighted by molar-refractivity contribution is -0.143. The highest BCUT2D eigenvalue weighted by atomic mass is 16.2. The minimum absolute atomic E-state index is 0.417. The van der Waals surface area contributed by atoms with Crippen LogP contribution in [0.3, 0.4) is 0 Å². The molecule has 1 heterocycles. The third kappa shape index (κ3) is 2.34. The van der Waals surface area contributed by atoms with Gasteiger partial charge < -0.3 is 0 Å². The molecule has 0 aliphatic carbocycles. The summed E-state index contributed by atoms with van der Waals surface area (Å²) >= 11 is 0. The summed E-state index contributed by atoms with van der Waals surface area (Å²) < 4.78 is 0. The van der Waals surface area contributed by atoms with Crippen LogP contribution in [0.15, 0.2) is 0 Å². The number of hydrogen-bond donors (Lipinski definition) is 2. The molecule has 1 rings (SSSR count). The van der Waals surface area contributed by atoms with E-state index in [-0.39, 0.29) is 0 Å². The van der Waals surface area contributed by atoms with E-state index in [9.17, 15) is 14.4 Å². The van der Waals surface area contributed by atoms with Crippen LogP contribution in [0.4, 0.5) is 4.79 Å². The van der Waals surface area contributed by atoms with Gasteiger partial charge in [-0.1, -0.05) is 13.8 Å². The summed E-state index contributed by atoms with van der Waals surface area (Å²) in [6.07, 6.45) is 1.22. The van der Waals surface area contributed by atoms with Crippen molar-refractivity contribution >= 4 is 17.8 Å². The van der Waals surface area contributed by atoms with Crippen LogP contribution in [-0.2, 0) is 9.59 Å². The zero-order valence-corrected chi connectivity index (χ0v) is 9.22. The van der Waals surface area contributed by atoms with Crippen molar-refractivity contribution in [3.05, 3.63) is 0 Å². The fourth-order valence-electron chi connectivity index (χ4n) is 1.42. The molecule has 0 atom stereocenters. The molecular weight excluding hydrogens is 196 g/mol. The lowest BCUT2D eigenvalue weighted by Gasteiger charge is -2.30. The first-order chi connectivity index (χ1) is 6.86. The minimum Gasteiger partial charge on any atom is -0.277 e. The minimum atomic E-state index is -1.11. The molecule has 1 fully saturated rings. The molecule has 5 nitrogen and oxygen atoms in total. The summed E-state index contributed by atoms with van der Waals surface area (Å²) in [6.45, 7) is 5.60. The first kappa shape index (κ1) is 11.7. The summed E-state index contributed by atoms with van der Waals surface area (Å²) in [5.41, 5.74) is -1.11. The molecule has 0 aromatic rings. The molecule has 1 saturated heterocycles. The van der Waals surface area contributed by atoms with Gasteiger partial charge in [0.2, 0.25) is 11.8 Å². The van der Waals surface area contributed by atoms with E-state index in [4.69, 9.17) is 0 Å². The monoisotopic (exact) mass is 212 g/mol. The highest BCUT2D eigenvalue weighted by molar-refractivity contribution is 6.18. The van der Waals surface area contributed by atoms with Crippen molar-refractivity contribution in [2.75, 3.05) is 0 Å². The van der Waals surface area contributed by atoms with E-state index in [1.54, 1.807) is 6.92 Å². The van der Waals surface area contributed by atoms with Crippen LogP contribution >= 0.6 is 0 Å². The van der Waals surface area contributed by atoms with E-state index in [1.165, 1.54) is 0 Å². The summed E-state index contributed by atoms with van der Waals surface area (Å²) in [5, 5.41) is 4.23. The van der Waals surface area contributed by atoms with Gasteiger partial charge in [-0.05, 0) is 25.7 Å². The van der Waals surface area contributed by atoms with Gasteiger partial charge in [0.15, 0.2) is 0 Å². The van der Waals surface area contributed by atoms with Crippen molar-refractivity contribution in [1.29, 1.82) is 0 Å². The van der Waals surface area contributed by atoms with Gasteiger partial charge in [-0.25, -0.2) is 4.79 Å². The third-order valence-corrected chi connectivity index (χ3v) is 2.68. The number of carbonyl (C=O) groups is 3. The Kier molecular flexibility index (Phi) is 3.12. The van der Waals surface area contributed by atoms with Crippen LogP contribution in [0, 0.1) is 11.3 Å². The van der Waals surface area contributed by atoms with Gasteiger partial charge in [-0.3, -0.25) is 20.2 Å². The van der Waals surface area contributed by atoms with Crippen LogP contribution in [0.2, 0.25) is 0 Å². The predicted molar refractivity (Wildman–Crippen MR) is 53.9 cm³/mol. The average Bonchev–Trinajstić information content (AvgIpc) is 2.11. The highest BCUT2D eigenvalue weighted by Gasteiger charge is 2.45. The fourth-order valence-corrected chi connectivity index (χ4v) is 1.42. The maximum atomic E-state index is 11.6. The first-order valence-electron chi connectivity index (χ1n) is 5.03. The molecule has 84 valence electrons. The molecule has 15 heavy (non-hydrogen) atoms. The SMILES string of the molecule is CC(C)CCC1(C)C(=O)NC(=O)NC1=O. The number of nitrogens with one attached hydrogen (secondary N) is 2. The van der Waals surface area contributed by atoms with E-state index < -0.39 is 23.3 Å². The molecule has 4 amide bonds. The Hall–Kier alpha value is -1.39. The maximum Gasteiger partial charge on any atom is 0.328 e. The van der Waals surface area contributed by atoms with Crippen molar-refractivity contribution in [1.82, 2.24) is 10.6 Å². The lowest BCUT2D eigenvalue weighted by atomic mass is 9.80. The molecule has 0 radical (unpaired) electrons. The summed E-state index contributed by atoms with van der Waals surface area (Å²) in [7, 11) is 0. The molecule has 1 aliphatic heterocycles. The van der Waals surface area contributed by atoms with Crippen LogP contribution in [-0.4, -0.2) is 17.8 Å². The topological polar surface area (TPSA) is 75.3 Å². The van der Waals surface area contributed by atoms with Crippen molar-refractivity contribution in [3.63, 3.8) is 0 Å². The second-order valence-electron chi connectivity index (χ2n) is 4.50. The molecule has 1 aliphatic rings. The van der Waals surface area contributed by atoms with E-state index in [2.05, 4.69) is 10.6 Å². The van der Waals surface area contributed by atoms with Crippen molar-refractivity contribution in [3.8, 4) is 0 Å². The number of carbonyl (C=O) groups excluding carboxylic acids is 3. The molecule has 0 spiro atoms. The van der Waals surface area contributed by atoms with Gasteiger partial charge >= 0.3 is 6.03 Å². The summed E-state index contributed by atoms with van der Waals surface area (Å²) in [5.74, 6) is -0.589. The third-order valence-electron chi connectivity index (χ3n) is 2.68. The number of imide groups is 2. The van der Waals surface area contributed by atoms with E-state index in [0.717, 1.165) is 6.42 Å². The zero-order chi connectivity index (χ0) is 11.6. The fraction of sp³-hybridized carbons (Fsp3) is 0.700. The lowest BCUT2D eigenvalue weighted by Crippen LogP contribution is -2.61. The standard InChI is InChI=1S/C10H16N2O3/c1-6(2)4-5-10(3)7(13)11-9(15)12-8(10)14/h6H,4-5H2,1-3H3,(H2,11,12,13,14,15). The Labute approximate surface area is 88.6 Å². The molecule has 2 N–H and O–H groups in total. The van der Waals surface area contributed by atoms with Gasteiger partial charge in [0, 0.05) is 0 Å². The van der Waals surface area contributed by atoms with Gasteiger partial charge in [0.05, 0.1) is 0 Å². The van der Waals surface area contributed by atoms with Crippen molar-refractivity contribution < 1.29 is 14.4 Å². The average molecular weight is 212 g/mol. The zero-order valence-electron chi connectivity index (χ0n) is 9.22. The molecule has 0 saturated carbocycles. The van der Waals surface area contributed by atoms with Crippen LogP contribution in [0.5, 0.6) is 0 Å². The number of hydrogen-bond acceptors (Lipinski definition) is 3. The van der Waals surface area contributed by atoms with Crippen LogP contribution < -0.4 is 10.6 Å². The number of amides is 4. The molecule has 0 aromatic carbocycles. The molecule has 0 bridgehead atoms. The second-order valence-corrected chi connectivity index (χ2v) is 4.50. The summed E-state index contributed by atoms with van der Waals surface area (Å²) in [6, 6.07) is -0.730. The van der Waals surface area contributed by atoms with Crippen LogP contribution in [0.1, 0.15) is 33.6 Å². The Bertz CT molecular complexity index is 290. The van der Waals surface area contributed by atoms with Crippen molar-refractivity contribution in [2.24, 2.45) is 11.3 Å². The predicted octanol–water partition coefficient (Wildman–Crippen LogP) is 0.795. The van der Waals surface area contributed by atoms with Gasteiger partial charge in [-0.2, -0.15) is 0 Å². The quantitative estimate of drug-likeness (QED) is 0.679. The van der Waals surface area contributed by atoms with Gasteiger partial charge in [0.25, 0.3) is 0 Å². The number of barbiturate groups is 1. The summed E-state index contributed by atoms with van der Waals surface area (Å²) in [4.78, 5) is 34.0. The second kappa shape index (κ2) is 4.00. The Morgan fingerprint density at radius 2 is 1.60 bits per heavy atom. The van der Waals surface area contributed by atoms with E-state index in [0.29, 0.717) is 12.3 Å². The van der Waals surface area contributed by atoms with E-state index >= 15 is 0 Å². The molecule has 0 unspecified atom stereocenters. The molecular formula is C10H16N2O3. The smallest absolute Gasteiger partial charge is 0.277 e. The first-order valence-corrected chi connectivity index (χ1v) is 5.03. The van der Waals surface area contributed by atoms with E-state index in [1.807, 2.05) is 13.8 Å². The molecule has 0 aromatic heterocycles. The largest absolute Gasteiger partial charge is 0.328 e. The number of urea groups is 1. The van der Waals surface area contributed by atoms with Gasteiger partial charge in [0.1, 0.15) is 5.41 Å². The Balaban J connectivity index is 2.76. The van der Waals surface area contributed by atoms with Crippen LogP contribution in [0.25, 0.3) is 0 Å². The highest BCUT2D eigenvalue weighted by Crippen LogP contribution is 2.27. The number of rotatable bonds is 3. The Morgan fingerprint density at radius 1 is 1.13 bits per heavy atom.